The summed E-state index contributed by atoms with van der Waals surface area (Å²) in [7, 11) is 0. The molecule has 0 bridgehead atoms. The molecule has 1 heterocycles. The first-order valence-electron chi connectivity index (χ1n) is 10.4. The Labute approximate surface area is 163 Å². The van der Waals surface area contributed by atoms with Crippen LogP contribution < -0.4 is 0 Å². The van der Waals surface area contributed by atoms with Crippen LogP contribution in [0.1, 0.15) is 56.6 Å². The first-order valence-corrected chi connectivity index (χ1v) is 11.2. The molecule has 2 unspecified atom stereocenters. The fraction of sp³-hybridized carbons (Fsp3) is 0.542. The Morgan fingerprint density at radius 2 is 1.81 bits per heavy atom. The highest BCUT2D eigenvalue weighted by atomic mass is 32.2. The molecule has 1 aromatic carbocycles. The number of allylic oxidation sites excluding steroid dienone is 4. The van der Waals surface area contributed by atoms with Crippen molar-refractivity contribution in [2.24, 2.45) is 22.2 Å². The molecule has 3 aliphatic rings. The van der Waals surface area contributed by atoms with Crippen LogP contribution in [0.2, 0.25) is 0 Å². The van der Waals surface area contributed by atoms with E-state index in [9.17, 15) is 0 Å². The lowest BCUT2D eigenvalue weighted by molar-refractivity contribution is 0.304. The molecule has 0 saturated heterocycles. The molecule has 0 amide bonds. The number of fused-ring (bicyclic) bond motifs is 1. The third-order valence-corrected chi connectivity index (χ3v) is 7.25. The lowest BCUT2D eigenvalue weighted by atomic mass is 9.73. The summed E-state index contributed by atoms with van der Waals surface area (Å²) in [6.45, 7) is 4.49. The van der Waals surface area contributed by atoms with E-state index in [1.54, 1.807) is 17.5 Å². The molecule has 2 atom stereocenters. The minimum absolute atomic E-state index is 0.654. The van der Waals surface area contributed by atoms with Crippen LogP contribution in [-0.4, -0.2) is 11.0 Å². The summed E-state index contributed by atoms with van der Waals surface area (Å²) < 4.78 is 4.97. The van der Waals surface area contributed by atoms with Gasteiger partial charge >= 0.3 is 0 Å². The van der Waals surface area contributed by atoms with Crippen LogP contribution in [-0.2, 0) is 6.42 Å². The molecule has 1 nitrogen and oxygen atoms in total. The van der Waals surface area contributed by atoms with Crippen LogP contribution >= 0.6 is 11.9 Å². The Bertz CT molecular complexity index is 704. The van der Waals surface area contributed by atoms with Crippen molar-refractivity contribution in [3.63, 3.8) is 0 Å². The highest BCUT2D eigenvalue weighted by molar-refractivity contribution is 7.98. The summed E-state index contributed by atoms with van der Waals surface area (Å²) in [5.74, 6) is 2.23. The van der Waals surface area contributed by atoms with Gasteiger partial charge in [-0.3, -0.25) is 0 Å². The standard InChI is InChI=1S/C24H31NS/c1-17-7-9-19(10-8-17)16-20-11-13-21(14-12-20)23-6-4-3-5-22-15-18(2)26-25-24(22)23/h3-4,6-10,18,20-22H,5,11-16H2,1-2H3. The number of hydrogen-bond donors (Lipinski definition) is 0. The summed E-state index contributed by atoms with van der Waals surface area (Å²) in [6.07, 6.45) is 16.2. The second-order valence-corrected chi connectivity index (χ2v) is 9.72. The minimum atomic E-state index is 0.654. The lowest BCUT2D eigenvalue weighted by Crippen LogP contribution is -2.28. The molecular formula is C24H31NS. The first kappa shape index (κ1) is 18.1. The van der Waals surface area contributed by atoms with Crippen LogP contribution in [0.5, 0.6) is 0 Å². The summed E-state index contributed by atoms with van der Waals surface area (Å²) in [4.78, 5) is 0. The quantitative estimate of drug-likeness (QED) is 0.541. The van der Waals surface area contributed by atoms with E-state index in [1.165, 1.54) is 61.8 Å². The normalized spacial score (nSPS) is 31.6. The van der Waals surface area contributed by atoms with Gasteiger partial charge in [0.05, 0.1) is 5.71 Å². The smallest absolute Gasteiger partial charge is 0.0556 e. The van der Waals surface area contributed by atoms with Crippen molar-refractivity contribution in [1.82, 2.24) is 0 Å². The van der Waals surface area contributed by atoms with Crippen LogP contribution in [0.15, 0.2) is 52.5 Å². The molecule has 1 fully saturated rings. The van der Waals surface area contributed by atoms with Crippen molar-refractivity contribution >= 4 is 17.7 Å². The molecule has 2 heteroatoms. The molecular weight excluding hydrogens is 334 g/mol. The van der Waals surface area contributed by atoms with Crippen LogP contribution in [0, 0.1) is 24.7 Å². The van der Waals surface area contributed by atoms with Gasteiger partial charge in [0.25, 0.3) is 0 Å². The van der Waals surface area contributed by atoms with Crippen LogP contribution in [0.4, 0.5) is 0 Å². The molecule has 2 aliphatic carbocycles. The topological polar surface area (TPSA) is 12.4 Å². The zero-order valence-electron chi connectivity index (χ0n) is 16.2. The van der Waals surface area contributed by atoms with Gasteiger partial charge in [-0.05, 0) is 86.8 Å². The number of nitrogens with zero attached hydrogens (tertiary/aromatic N) is 1. The predicted molar refractivity (Wildman–Crippen MR) is 115 cm³/mol. The summed E-state index contributed by atoms with van der Waals surface area (Å²) in [5, 5.41) is 0.668. The van der Waals surface area contributed by atoms with E-state index in [0.717, 1.165) is 11.8 Å². The fourth-order valence-electron chi connectivity index (χ4n) is 4.85. The molecule has 0 aromatic heterocycles. The molecule has 1 aliphatic heterocycles. The van der Waals surface area contributed by atoms with Crippen molar-refractivity contribution < 1.29 is 0 Å². The molecule has 138 valence electrons. The van der Waals surface area contributed by atoms with Crippen molar-refractivity contribution in [2.45, 2.75) is 64.0 Å². The Balaban J connectivity index is 1.40. The van der Waals surface area contributed by atoms with E-state index in [1.807, 2.05) is 0 Å². The Kier molecular flexibility index (Phi) is 5.69. The highest BCUT2D eigenvalue weighted by Crippen LogP contribution is 2.41. The first-order chi connectivity index (χ1) is 12.7. The maximum absolute atomic E-state index is 4.97. The van der Waals surface area contributed by atoms with Gasteiger partial charge in [0.1, 0.15) is 0 Å². The number of rotatable bonds is 3. The monoisotopic (exact) mass is 365 g/mol. The molecule has 1 aromatic rings. The van der Waals surface area contributed by atoms with Crippen molar-refractivity contribution in [2.75, 3.05) is 0 Å². The average molecular weight is 366 g/mol. The zero-order valence-corrected chi connectivity index (χ0v) is 17.0. The highest BCUT2D eigenvalue weighted by Gasteiger charge is 2.32. The van der Waals surface area contributed by atoms with Crippen LogP contribution in [0.3, 0.4) is 0 Å². The van der Waals surface area contributed by atoms with Gasteiger partial charge in [0, 0.05) is 11.2 Å². The zero-order chi connectivity index (χ0) is 17.9. The summed E-state index contributed by atoms with van der Waals surface area (Å²) in [5.41, 5.74) is 5.87. The average Bonchev–Trinajstić information content (AvgIpc) is 2.86. The predicted octanol–water partition coefficient (Wildman–Crippen LogP) is 6.73. The van der Waals surface area contributed by atoms with Gasteiger partial charge < -0.3 is 0 Å². The molecule has 0 radical (unpaired) electrons. The maximum atomic E-state index is 4.97. The maximum Gasteiger partial charge on any atom is 0.0556 e. The SMILES string of the molecule is Cc1ccc(CC2CCC(C3=CC=CCC4CC(C)SN=C34)CC2)cc1. The summed E-state index contributed by atoms with van der Waals surface area (Å²) >= 11 is 1.80. The van der Waals surface area contributed by atoms with Gasteiger partial charge in [0.2, 0.25) is 0 Å². The lowest BCUT2D eigenvalue weighted by Gasteiger charge is -2.33. The van der Waals surface area contributed by atoms with E-state index in [4.69, 9.17) is 4.40 Å². The van der Waals surface area contributed by atoms with Crippen molar-refractivity contribution in [3.05, 3.63) is 59.2 Å². The fourth-order valence-corrected chi connectivity index (χ4v) is 5.72. The van der Waals surface area contributed by atoms with E-state index in [0.29, 0.717) is 11.2 Å². The Hall–Kier alpha value is -1.28. The second kappa shape index (κ2) is 8.17. The van der Waals surface area contributed by atoms with E-state index < -0.39 is 0 Å². The molecule has 4 rings (SSSR count). The van der Waals surface area contributed by atoms with E-state index >= 15 is 0 Å². The molecule has 0 N–H and O–H groups in total. The minimum Gasteiger partial charge on any atom is -0.220 e. The summed E-state index contributed by atoms with van der Waals surface area (Å²) in [6, 6.07) is 9.15. The third kappa shape index (κ3) is 4.17. The number of aryl methyl sites for hydroxylation is 1. The van der Waals surface area contributed by atoms with Gasteiger partial charge in [-0.1, -0.05) is 55.0 Å². The molecule has 0 spiro atoms. The second-order valence-electron chi connectivity index (χ2n) is 8.52. The van der Waals surface area contributed by atoms with Gasteiger partial charge in [-0.2, -0.15) is 0 Å². The van der Waals surface area contributed by atoms with Gasteiger partial charge in [-0.25, -0.2) is 4.40 Å². The molecule has 1 saturated carbocycles. The Morgan fingerprint density at radius 1 is 1.04 bits per heavy atom. The molecule has 26 heavy (non-hydrogen) atoms. The third-order valence-electron chi connectivity index (χ3n) is 6.39. The number of benzene rings is 1. The van der Waals surface area contributed by atoms with E-state index in [-0.39, 0.29) is 0 Å². The van der Waals surface area contributed by atoms with Crippen LogP contribution in [0.25, 0.3) is 0 Å². The van der Waals surface area contributed by atoms with Gasteiger partial charge in [-0.15, -0.1) is 0 Å². The Morgan fingerprint density at radius 3 is 2.58 bits per heavy atom. The largest absolute Gasteiger partial charge is 0.220 e. The van der Waals surface area contributed by atoms with Gasteiger partial charge in [0.15, 0.2) is 0 Å². The van der Waals surface area contributed by atoms with Crippen molar-refractivity contribution in [1.29, 1.82) is 0 Å². The van der Waals surface area contributed by atoms with E-state index in [2.05, 4.69) is 56.3 Å². The van der Waals surface area contributed by atoms with Crippen molar-refractivity contribution in [3.8, 4) is 0 Å². The number of hydrogen-bond acceptors (Lipinski definition) is 2.